The zero-order valence-electron chi connectivity index (χ0n) is 14.5. The number of benzene rings is 2. The van der Waals surface area contributed by atoms with E-state index in [0.29, 0.717) is 25.7 Å². The summed E-state index contributed by atoms with van der Waals surface area (Å²) in [5, 5.41) is 10.5. The van der Waals surface area contributed by atoms with Crippen LogP contribution in [0.4, 0.5) is 0 Å². The van der Waals surface area contributed by atoms with E-state index in [1.54, 1.807) is 0 Å². The summed E-state index contributed by atoms with van der Waals surface area (Å²) < 4.78 is 27.6. The van der Waals surface area contributed by atoms with Gasteiger partial charge in [-0.15, -0.1) is 0 Å². The summed E-state index contributed by atoms with van der Waals surface area (Å²) in [6, 6.07) is 15.1. The Balaban J connectivity index is 1.58. The van der Waals surface area contributed by atoms with Crippen molar-refractivity contribution in [2.75, 3.05) is 0 Å². The highest BCUT2D eigenvalue weighted by Crippen LogP contribution is 2.25. The van der Waals surface area contributed by atoms with Gasteiger partial charge in [-0.3, -0.25) is 0 Å². The van der Waals surface area contributed by atoms with Gasteiger partial charge in [-0.2, -0.15) is 0 Å². The number of aliphatic carboxylic acids is 1. The average molecular weight is 372 g/mol. The maximum Gasteiger partial charge on any atom is 0.216 e. The molecular formula is C20H22NO4S-. The highest BCUT2D eigenvalue weighted by Gasteiger charge is 2.25. The molecule has 1 unspecified atom stereocenters. The number of aryl methyl sites for hydroxylation is 1. The number of rotatable bonds is 8. The second-order valence-corrected chi connectivity index (χ2v) is 8.55. The number of hydrogen-bond donors (Lipinski definition) is 1. The molecule has 0 bridgehead atoms. The van der Waals surface area contributed by atoms with Crippen molar-refractivity contribution in [3.05, 3.63) is 70.8 Å². The molecule has 0 amide bonds. The zero-order chi connectivity index (χ0) is 18.6. The highest BCUT2D eigenvalue weighted by atomic mass is 32.2. The summed E-state index contributed by atoms with van der Waals surface area (Å²) in [4.78, 5) is 10.5. The van der Waals surface area contributed by atoms with Gasteiger partial charge in [-0.25, -0.2) is 13.1 Å². The first-order chi connectivity index (χ1) is 12.4. The average Bonchev–Trinajstić information content (AvgIpc) is 2.95. The number of fused-ring (bicyclic) bond motifs is 1. The third-order valence-electron chi connectivity index (χ3n) is 4.60. The minimum Gasteiger partial charge on any atom is -0.550 e. The van der Waals surface area contributed by atoms with E-state index in [-0.39, 0.29) is 18.2 Å². The van der Waals surface area contributed by atoms with Crippen molar-refractivity contribution in [1.82, 2.24) is 4.72 Å². The summed E-state index contributed by atoms with van der Waals surface area (Å²) in [6.45, 7) is 0. The number of carboxylic acids is 1. The van der Waals surface area contributed by atoms with E-state index in [1.807, 2.05) is 42.5 Å². The Morgan fingerprint density at radius 1 is 1.04 bits per heavy atom. The fourth-order valence-electron chi connectivity index (χ4n) is 3.44. The van der Waals surface area contributed by atoms with Crippen molar-refractivity contribution in [2.45, 2.75) is 43.9 Å². The third kappa shape index (κ3) is 5.16. The van der Waals surface area contributed by atoms with Crippen LogP contribution >= 0.6 is 0 Å². The molecule has 26 heavy (non-hydrogen) atoms. The molecule has 0 aromatic heterocycles. The topological polar surface area (TPSA) is 86.3 Å². The molecule has 0 heterocycles. The quantitative estimate of drug-likeness (QED) is 0.758. The van der Waals surface area contributed by atoms with Gasteiger partial charge < -0.3 is 9.90 Å². The molecule has 0 radical (unpaired) electrons. The fourth-order valence-corrected chi connectivity index (χ4v) is 4.83. The lowest BCUT2D eigenvalue weighted by molar-refractivity contribution is -0.305. The van der Waals surface area contributed by atoms with Crippen LogP contribution in [0.15, 0.2) is 48.5 Å². The Bertz CT molecular complexity index is 878. The van der Waals surface area contributed by atoms with E-state index in [4.69, 9.17) is 0 Å². The van der Waals surface area contributed by atoms with E-state index < -0.39 is 16.0 Å². The van der Waals surface area contributed by atoms with Gasteiger partial charge in [-0.1, -0.05) is 48.5 Å². The van der Waals surface area contributed by atoms with Gasteiger partial charge in [0.25, 0.3) is 0 Å². The largest absolute Gasteiger partial charge is 0.550 e. The molecule has 0 fully saturated rings. The second kappa shape index (κ2) is 8.01. The van der Waals surface area contributed by atoms with Crippen LogP contribution in [0, 0.1) is 0 Å². The molecule has 0 saturated carbocycles. The molecule has 2 aromatic rings. The standard InChI is InChI=1S/C20H23NO4S/c22-20(23)8-4-7-15-9-10-17-12-19(13-18(17)11-15)21-26(24,25)14-16-5-2-1-3-6-16/h1-3,5-6,9-11,19,21H,4,7-8,12-14H2,(H,22,23)/p-1. The first-order valence-corrected chi connectivity index (χ1v) is 10.4. The highest BCUT2D eigenvalue weighted by molar-refractivity contribution is 7.88. The summed E-state index contributed by atoms with van der Waals surface area (Å²) in [5.41, 5.74) is 4.15. The molecule has 3 rings (SSSR count). The lowest BCUT2D eigenvalue weighted by Crippen LogP contribution is -2.36. The Morgan fingerprint density at radius 2 is 1.77 bits per heavy atom. The Hall–Kier alpha value is -2.18. The van der Waals surface area contributed by atoms with Gasteiger partial charge in [0.05, 0.1) is 5.75 Å². The van der Waals surface area contributed by atoms with Gasteiger partial charge in [0.1, 0.15) is 0 Å². The molecule has 2 aromatic carbocycles. The Morgan fingerprint density at radius 3 is 2.50 bits per heavy atom. The summed E-state index contributed by atoms with van der Waals surface area (Å²) in [7, 11) is -3.39. The minimum atomic E-state index is -3.39. The van der Waals surface area contributed by atoms with Gasteiger partial charge in [0.2, 0.25) is 10.0 Å². The van der Waals surface area contributed by atoms with Crippen molar-refractivity contribution in [1.29, 1.82) is 0 Å². The predicted molar refractivity (Wildman–Crippen MR) is 97.8 cm³/mol. The fraction of sp³-hybridized carbons (Fsp3) is 0.350. The predicted octanol–water partition coefficient (Wildman–Crippen LogP) is 1.35. The maximum absolute atomic E-state index is 12.4. The second-order valence-electron chi connectivity index (χ2n) is 6.80. The van der Waals surface area contributed by atoms with Gasteiger partial charge >= 0.3 is 0 Å². The molecule has 1 atom stereocenters. The van der Waals surface area contributed by atoms with Crippen LogP contribution in [0.3, 0.4) is 0 Å². The third-order valence-corrected chi connectivity index (χ3v) is 6.00. The normalized spacial score (nSPS) is 16.4. The molecule has 0 saturated heterocycles. The van der Waals surface area contributed by atoms with Crippen LogP contribution in [0.1, 0.15) is 35.1 Å². The van der Waals surface area contributed by atoms with E-state index in [1.165, 1.54) is 0 Å². The molecule has 138 valence electrons. The van der Waals surface area contributed by atoms with Crippen molar-refractivity contribution >= 4 is 16.0 Å². The molecule has 1 N–H and O–H groups in total. The van der Waals surface area contributed by atoms with Crippen molar-refractivity contribution in [2.24, 2.45) is 0 Å². The van der Waals surface area contributed by atoms with Gasteiger partial charge in [0.15, 0.2) is 0 Å². The Kier molecular flexibility index (Phi) is 5.74. The minimum absolute atomic E-state index is 0.0187. The molecule has 0 spiro atoms. The lowest BCUT2D eigenvalue weighted by atomic mass is 10.0. The van der Waals surface area contributed by atoms with Crippen molar-refractivity contribution in [3.63, 3.8) is 0 Å². The summed E-state index contributed by atoms with van der Waals surface area (Å²) in [5.74, 6) is -1.05. The smallest absolute Gasteiger partial charge is 0.216 e. The number of sulfonamides is 1. The van der Waals surface area contributed by atoms with Gasteiger partial charge in [0, 0.05) is 12.0 Å². The maximum atomic E-state index is 12.4. The van der Waals surface area contributed by atoms with Crippen LogP contribution in [0.25, 0.3) is 0 Å². The first kappa shape index (κ1) is 18.6. The zero-order valence-corrected chi connectivity index (χ0v) is 15.3. The number of nitrogens with one attached hydrogen (secondary N) is 1. The lowest BCUT2D eigenvalue weighted by Gasteiger charge is -2.12. The number of carbonyl (C=O) groups is 1. The van der Waals surface area contributed by atoms with Gasteiger partial charge in [-0.05, 0) is 54.4 Å². The first-order valence-electron chi connectivity index (χ1n) is 8.76. The van der Waals surface area contributed by atoms with Crippen LogP contribution < -0.4 is 9.83 Å². The van der Waals surface area contributed by atoms with E-state index in [2.05, 4.69) is 10.8 Å². The molecular weight excluding hydrogens is 350 g/mol. The molecule has 1 aliphatic carbocycles. The van der Waals surface area contributed by atoms with Crippen molar-refractivity contribution < 1.29 is 18.3 Å². The van der Waals surface area contributed by atoms with Crippen LogP contribution in [0.5, 0.6) is 0 Å². The SMILES string of the molecule is O=C([O-])CCCc1ccc2c(c1)CC(NS(=O)(=O)Cc1ccccc1)C2. The molecule has 1 aliphatic rings. The summed E-state index contributed by atoms with van der Waals surface area (Å²) >= 11 is 0. The number of carboxylic acid groups (broad SMARTS) is 1. The van der Waals surface area contributed by atoms with E-state index in [9.17, 15) is 18.3 Å². The molecule has 6 heteroatoms. The van der Waals surface area contributed by atoms with E-state index >= 15 is 0 Å². The van der Waals surface area contributed by atoms with Crippen LogP contribution in [-0.4, -0.2) is 20.4 Å². The Labute approximate surface area is 154 Å². The summed E-state index contributed by atoms with van der Waals surface area (Å²) in [6.07, 6.45) is 2.64. The number of hydrogen-bond acceptors (Lipinski definition) is 4. The molecule has 5 nitrogen and oxygen atoms in total. The monoisotopic (exact) mass is 372 g/mol. The van der Waals surface area contributed by atoms with E-state index in [0.717, 1.165) is 22.3 Å². The number of carbonyl (C=O) groups excluding carboxylic acids is 1. The van der Waals surface area contributed by atoms with Crippen molar-refractivity contribution in [3.8, 4) is 0 Å². The van der Waals surface area contributed by atoms with Crippen LogP contribution in [-0.2, 0) is 39.8 Å². The van der Waals surface area contributed by atoms with Crippen LogP contribution in [0.2, 0.25) is 0 Å². The molecule has 0 aliphatic heterocycles.